The fourth-order valence-corrected chi connectivity index (χ4v) is 2.28. The Kier molecular flexibility index (Phi) is 4.90. The van der Waals surface area contributed by atoms with Crippen LogP contribution in [0.5, 0.6) is 0 Å². The number of nitrogens with zero attached hydrogens (tertiary/aromatic N) is 1. The van der Waals surface area contributed by atoms with Crippen molar-refractivity contribution in [2.45, 2.75) is 11.9 Å². The second-order valence-electron chi connectivity index (χ2n) is 4.58. The van der Waals surface area contributed by atoms with E-state index < -0.39 is 0 Å². The highest BCUT2D eigenvalue weighted by molar-refractivity contribution is 9.08. The zero-order valence-electron chi connectivity index (χ0n) is 11.1. The summed E-state index contributed by atoms with van der Waals surface area (Å²) in [5, 5.41) is 0.756. The smallest absolute Gasteiger partial charge is 0.253 e. The second-order valence-corrected chi connectivity index (χ2v) is 5.14. The molecule has 0 aliphatic rings. The van der Waals surface area contributed by atoms with E-state index in [2.05, 4.69) is 15.9 Å². The van der Waals surface area contributed by atoms with E-state index in [0.29, 0.717) is 11.1 Å². The maximum Gasteiger partial charge on any atom is 0.253 e. The minimum absolute atomic E-state index is 0.116. The summed E-state index contributed by atoms with van der Waals surface area (Å²) in [5.41, 5.74) is 2.23. The van der Waals surface area contributed by atoms with Gasteiger partial charge in [-0.3, -0.25) is 4.79 Å². The first kappa shape index (κ1) is 14.7. The van der Waals surface area contributed by atoms with Gasteiger partial charge >= 0.3 is 0 Å². The van der Waals surface area contributed by atoms with Crippen LogP contribution in [0.25, 0.3) is 0 Å². The summed E-state index contributed by atoms with van der Waals surface area (Å²) in [5.74, 6) is -0.406. The predicted octanol–water partition coefficient (Wildman–Crippen LogP) is 3.99. The SMILES string of the molecule is CN(Cc1ccccc1F)C(=O)c1ccc(CBr)cc1. The van der Waals surface area contributed by atoms with Gasteiger partial charge in [0, 0.05) is 30.0 Å². The fraction of sp³-hybridized carbons (Fsp3) is 0.188. The summed E-state index contributed by atoms with van der Waals surface area (Å²) in [7, 11) is 1.67. The highest BCUT2D eigenvalue weighted by Gasteiger charge is 2.13. The third kappa shape index (κ3) is 3.45. The zero-order chi connectivity index (χ0) is 14.5. The lowest BCUT2D eigenvalue weighted by Crippen LogP contribution is -2.26. The molecule has 0 aromatic heterocycles. The van der Waals surface area contributed by atoms with Gasteiger partial charge in [-0.2, -0.15) is 0 Å². The normalized spacial score (nSPS) is 10.3. The van der Waals surface area contributed by atoms with Gasteiger partial charge in [0.2, 0.25) is 0 Å². The molecule has 2 rings (SSSR count). The zero-order valence-corrected chi connectivity index (χ0v) is 12.7. The molecule has 0 fully saturated rings. The van der Waals surface area contributed by atoms with E-state index in [0.717, 1.165) is 10.9 Å². The van der Waals surface area contributed by atoms with Crippen LogP contribution in [-0.2, 0) is 11.9 Å². The number of hydrogen-bond donors (Lipinski definition) is 0. The minimum atomic E-state index is -0.290. The highest BCUT2D eigenvalue weighted by Crippen LogP contribution is 2.13. The predicted molar refractivity (Wildman–Crippen MR) is 81.3 cm³/mol. The van der Waals surface area contributed by atoms with Crippen LogP contribution in [0.4, 0.5) is 4.39 Å². The fourth-order valence-electron chi connectivity index (χ4n) is 1.91. The Morgan fingerprint density at radius 3 is 2.40 bits per heavy atom. The largest absolute Gasteiger partial charge is 0.337 e. The standard InChI is InChI=1S/C16H15BrFNO/c1-19(11-14-4-2-3-5-15(14)18)16(20)13-8-6-12(10-17)7-9-13/h2-9H,10-11H2,1H3. The van der Waals surface area contributed by atoms with E-state index >= 15 is 0 Å². The molecule has 0 N–H and O–H groups in total. The summed E-state index contributed by atoms with van der Waals surface area (Å²) in [6.45, 7) is 0.256. The molecule has 104 valence electrons. The molecule has 0 aliphatic heterocycles. The van der Waals surface area contributed by atoms with Gasteiger partial charge in [-0.25, -0.2) is 4.39 Å². The van der Waals surface area contributed by atoms with Crippen molar-refractivity contribution < 1.29 is 9.18 Å². The van der Waals surface area contributed by atoms with Gasteiger partial charge in [0.1, 0.15) is 5.82 Å². The maximum atomic E-state index is 13.6. The molecular formula is C16H15BrFNO. The topological polar surface area (TPSA) is 20.3 Å². The molecule has 0 bridgehead atoms. The first-order valence-electron chi connectivity index (χ1n) is 6.25. The van der Waals surface area contributed by atoms with Gasteiger partial charge in [0.05, 0.1) is 0 Å². The van der Waals surface area contributed by atoms with E-state index in [9.17, 15) is 9.18 Å². The Hall–Kier alpha value is -1.68. The molecule has 2 aromatic rings. The van der Waals surface area contributed by atoms with E-state index in [1.807, 2.05) is 12.1 Å². The molecule has 2 nitrogen and oxygen atoms in total. The molecule has 0 radical (unpaired) electrons. The average molecular weight is 336 g/mol. The van der Waals surface area contributed by atoms with Crippen LogP contribution in [0.1, 0.15) is 21.5 Å². The lowest BCUT2D eigenvalue weighted by Gasteiger charge is -2.17. The quantitative estimate of drug-likeness (QED) is 0.773. The lowest BCUT2D eigenvalue weighted by molar-refractivity contribution is 0.0784. The molecule has 0 atom stereocenters. The van der Waals surface area contributed by atoms with Gasteiger partial charge in [-0.05, 0) is 23.8 Å². The van der Waals surface area contributed by atoms with Crippen molar-refractivity contribution in [2.75, 3.05) is 7.05 Å². The van der Waals surface area contributed by atoms with Crippen LogP contribution >= 0.6 is 15.9 Å². The number of halogens is 2. The molecule has 0 heterocycles. The van der Waals surface area contributed by atoms with E-state index in [1.165, 1.54) is 11.0 Å². The van der Waals surface area contributed by atoms with Crippen molar-refractivity contribution in [1.29, 1.82) is 0 Å². The molecule has 2 aromatic carbocycles. The van der Waals surface area contributed by atoms with Crippen LogP contribution in [0.3, 0.4) is 0 Å². The summed E-state index contributed by atoms with van der Waals surface area (Å²) < 4.78 is 13.6. The van der Waals surface area contributed by atoms with E-state index in [1.54, 1.807) is 37.4 Å². The summed E-state index contributed by atoms with van der Waals surface area (Å²) in [6, 6.07) is 13.9. The number of alkyl halides is 1. The molecule has 0 unspecified atom stereocenters. The number of carbonyl (C=O) groups is 1. The number of benzene rings is 2. The van der Waals surface area contributed by atoms with Crippen molar-refractivity contribution in [1.82, 2.24) is 4.90 Å². The molecule has 0 spiro atoms. The Bertz CT molecular complexity index is 598. The van der Waals surface area contributed by atoms with Crippen molar-refractivity contribution in [3.05, 3.63) is 71.0 Å². The third-order valence-electron chi connectivity index (χ3n) is 3.07. The van der Waals surface area contributed by atoms with Crippen molar-refractivity contribution in [2.24, 2.45) is 0 Å². The molecule has 20 heavy (non-hydrogen) atoms. The van der Waals surface area contributed by atoms with Gasteiger partial charge < -0.3 is 4.90 Å². The minimum Gasteiger partial charge on any atom is -0.337 e. The van der Waals surface area contributed by atoms with Crippen LogP contribution < -0.4 is 0 Å². The lowest BCUT2D eigenvalue weighted by atomic mass is 10.1. The van der Waals surface area contributed by atoms with E-state index in [-0.39, 0.29) is 18.3 Å². The van der Waals surface area contributed by atoms with Crippen LogP contribution in [0, 0.1) is 5.82 Å². The second kappa shape index (κ2) is 6.66. The molecule has 0 saturated carbocycles. The Morgan fingerprint density at radius 1 is 1.15 bits per heavy atom. The maximum absolute atomic E-state index is 13.6. The number of rotatable bonds is 4. The molecule has 1 amide bonds. The first-order chi connectivity index (χ1) is 9.61. The molecular weight excluding hydrogens is 321 g/mol. The summed E-state index contributed by atoms with van der Waals surface area (Å²) in [6.07, 6.45) is 0. The molecule has 0 aliphatic carbocycles. The van der Waals surface area contributed by atoms with E-state index in [4.69, 9.17) is 0 Å². The number of amides is 1. The Morgan fingerprint density at radius 2 is 1.80 bits per heavy atom. The van der Waals surface area contributed by atoms with Gasteiger partial charge in [0.15, 0.2) is 0 Å². The van der Waals surface area contributed by atoms with Crippen LogP contribution in [-0.4, -0.2) is 17.9 Å². The van der Waals surface area contributed by atoms with Crippen LogP contribution in [0.2, 0.25) is 0 Å². The van der Waals surface area contributed by atoms with Crippen molar-refractivity contribution >= 4 is 21.8 Å². The monoisotopic (exact) mass is 335 g/mol. The van der Waals surface area contributed by atoms with Gasteiger partial charge in [-0.1, -0.05) is 46.3 Å². The van der Waals surface area contributed by atoms with Crippen molar-refractivity contribution in [3.8, 4) is 0 Å². The summed E-state index contributed by atoms with van der Waals surface area (Å²) >= 11 is 3.36. The third-order valence-corrected chi connectivity index (χ3v) is 3.71. The summed E-state index contributed by atoms with van der Waals surface area (Å²) in [4.78, 5) is 13.8. The number of hydrogen-bond acceptors (Lipinski definition) is 1. The first-order valence-corrected chi connectivity index (χ1v) is 7.37. The molecule has 0 saturated heterocycles. The van der Waals surface area contributed by atoms with Gasteiger partial charge in [-0.15, -0.1) is 0 Å². The highest BCUT2D eigenvalue weighted by atomic mass is 79.9. The van der Waals surface area contributed by atoms with Gasteiger partial charge in [0.25, 0.3) is 5.91 Å². The van der Waals surface area contributed by atoms with Crippen molar-refractivity contribution in [3.63, 3.8) is 0 Å². The number of carbonyl (C=O) groups excluding carboxylic acids is 1. The molecule has 4 heteroatoms. The van der Waals surface area contributed by atoms with Crippen LogP contribution in [0.15, 0.2) is 48.5 Å². The Labute approximate surface area is 126 Å². The Balaban J connectivity index is 2.10. The average Bonchev–Trinajstić information content (AvgIpc) is 2.49.